The molecule has 1 aliphatic heterocycles. The van der Waals surface area contributed by atoms with E-state index in [1.54, 1.807) is 0 Å². The van der Waals surface area contributed by atoms with Crippen molar-refractivity contribution in [3.05, 3.63) is 234 Å². The highest BCUT2D eigenvalue weighted by Crippen LogP contribution is 2.61. The molecule has 12 rings (SSSR count). The molecule has 4 unspecified atom stereocenters. The molecule has 2 heterocycles. The number of fused-ring (bicyclic) bond motifs is 9. The van der Waals surface area contributed by atoms with E-state index in [0.29, 0.717) is 17.8 Å². The van der Waals surface area contributed by atoms with Crippen molar-refractivity contribution in [3.63, 3.8) is 0 Å². The molecule has 2 heteroatoms. The average molecular weight is 731 g/mol. The lowest BCUT2D eigenvalue weighted by Gasteiger charge is -2.45. The van der Waals surface area contributed by atoms with Crippen LogP contribution in [0.4, 0.5) is 5.69 Å². The fourth-order valence-corrected chi connectivity index (χ4v) is 11.2. The lowest BCUT2D eigenvalue weighted by Crippen LogP contribution is -2.33. The molecule has 1 N–H and O–H groups in total. The number of para-hydroxylation sites is 2. The second-order valence-electron chi connectivity index (χ2n) is 16.4. The zero-order valence-corrected chi connectivity index (χ0v) is 31.7. The molecule has 9 aromatic rings. The third-order valence-corrected chi connectivity index (χ3v) is 13.7. The van der Waals surface area contributed by atoms with Crippen molar-refractivity contribution in [2.45, 2.75) is 36.3 Å². The number of anilines is 1. The molecule has 4 atom stereocenters. The molecular formula is C55H42N2. The Balaban J connectivity index is 1.01. The van der Waals surface area contributed by atoms with Crippen LogP contribution < -0.4 is 5.32 Å². The van der Waals surface area contributed by atoms with Crippen LogP contribution in [-0.4, -0.2) is 4.57 Å². The molecule has 57 heavy (non-hydrogen) atoms. The molecule has 0 amide bonds. The molecule has 272 valence electrons. The van der Waals surface area contributed by atoms with Crippen molar-refractivity contribution in [3.8, 4) is 22.3 Å². The van der Waals surface area contributed by atoms with Gasteiger partial charge in [0.2, 0.25) is 0 Å². The molecular weight excluding hydrogens is 689 g/mol. The minimum absolute atomic E-state index is 0.104. The third-order valence-electron chi connectivity index (χ3n) is 13.7. The van der Waals surface area contributed by atoms with Gasteiger partial charge in [-0.15, -0.1) is 0 Å². The van der Waals surface area contributed by atoms with Crippen LogP contribution in [0.3, 0.4) is 0 Å². The summed E-state index contributed by atoms with van der Waals surface area (Å²) < 4.78 is 2.65. The maximum Gasteiger partial charge on any atom is 0.104 e. The van der Waals surface area contributed by atoms with Crippen molar-refractivity contribution in [2.24, 2.45) is 5.92 Å². The number of hydrogen-bond acceptors (Lipinski definition) is 1. The number of rotatable bonds is 5. The van der Waals surface area contributed by atoms with Gasteiger partial charge < -0.3 is 9.88 Å². The van der Waals surface area contributed by atoms with Gasteiger partial charge in [-0.2, -0.15) is 0 Å². The number of nitrogens with one attached hydrogen (secondary N) is 1. The number of hydrogen-bond donors (Lipinski definition) is 1. The van der Waals surface area contributed by atoms with Crippen LogP contribution in [0.25, 0.3) is 44.1 Å². The first-order valence-corrected chi connectivity index (χ1v) is 20.6. The predicted octanol–water partition coefficient (Wildman–Crippen LogP) is 13.7. The van der Waals surface area contributed by atoms with Crippen LogP contribution in [0.5, 0.6) is 0 Å². The zero-order chi connectivity index (χ0) is 37.5. The van der Waals surface area contributed by atoms with E-state index in [-0.39, 0.29) is 6.17 Å². The van der Waals surface area contributed by atoms with Gasteiger partial charge in [-0.05, 0) is 110 Å². The van der Waals surface area contributed by atoms with Gasteiger partial charge in [0.1, 0.15) is 6.17 Å². The van der Waals surface area contributed by atoms with Gasteiger partial charge in [0.05, 0.1) is 16.4 Å². The topological polar surface area (TPSA) is 17.0 Å². The van der Waals surface area contributed by atoms with Gasteiger partial charge in [-0.25, -0.2) is 0 Å². The molecule has 0 bridgehead atoms. The Labute approximate surface area is 334 Å². The highest BCUT2D eigenvalue weighted by Gasteiger charge is 2.48. The maximum atomic E-state index is 4.17. The molecule has 2 nitrogen and oxygen atoms in total. The Morgan fingerprint density at radius 3 is 1.88 bits per heavy atom. The minimum atomic E-state index is -0.432. The smallest absolute Gasteiger partial charge is 0.104 e. The van der Waals surface area contributed by atoms with Crippen LogP contribution in [0.2, 0.25) is 0 Å². The largest absolute Gasteiger partial charge is 0.365 e. The standard InChI is InChI=1S/C55H42N2/c1-4-16-36(17-5-1)37-28-30-38(31-29-37)45-32-39-33-53(56-50-26-14-11-24-44(50)54(39)45)57-51-27-15-12-23-43(51)47-34-49-46(35-52(47)57)42-22-10-13-25-48(42)55(49,40-18-6-2-7-19-40)41-20-8-3-9-21-41/h1-31,34-35,39,45,53-54,56H,32-33H2. The second-order valence-corrected chi connectivity index (χ2v) is 16.4. The summed E-state index contributed by atoms with van der Waals surface area (Å²) in [5.41, 5.74) is 16.8. The Morgan fingerprint density at radius 2 is 1.11 bits per heavy atom. The fourth-order valence-electron chi connectivity index (χ4n) is 11.2. The predicted molar refractivity (Wildman–Crippen MR) is 236 cm³/mol. The van der Waals surface area contributed by atoms with Crippen molar-refractivity contribution >= 4 is 27.5 Å². The van der Waals surface area contributed by atoms with E-state index in [1.807, 2.05) is 0 Å². The van der Waals surface area contributed by atoms with Gasteiger partial charge in [0.15, 0.2) is 0 Å². The van der Waals surface area contributed by atoms with Gasteiger partial charge >= 0.3 is 0 Å². The molecule has 0 spiro atoms. The average Bonchev–Trinajstić information content (AvgIpc) is 3.71. The number of benzene rings is 8. The summed E-state index contributed by atoms with van der Waals surface area (Å²) in [6, 6.07) is 74.9. The molecule has 1 aromatic heterocycles. The van der Waals surface area contributed by atoms with Crippen molar-refractivity contribution in [1.82, 2.24) is 4.57 Å². The van der Waals surface area contributed by atoms with Gasteiger partial charge in [-0.3, -0.25) is 0 Å². The van der Waals surface area contributed by atoms with Crippen molar-refractivity contribution in [2.75, 3.05) is 5.32 Å². The molecule has 1 fully saturated rings. The van der Waals surface area contributed by atoms with Crippen LogP contribution in [-0.2, 0) is 5.41 Å². The summed E-state index contributed by atoms with van der Waals surface area (Å²) in [4.78, 5) is 0. The molecule has 0 saturated heterocycles. The highest BCUT2D eigenvalue weighted by atomic mass is 15.2. The number of nitrogens with zero attached hydrogens (tertiary/aromatic N) is 1. The first-order chi connectivity index (χ1) is 28.3. The summed E-state index contributed by atoms with van der Waals surface area (Å²) in [5.74, 6) is 1.55. The molecule has 8 aromatic carbocycles. The molecule has 1 saturated carbocycles. The first-order valence-electron chi connectivity index (χ1n) is 20.6. The Morgan fingerprint density at radius 1 is 0.474 bits per heavy atom. The van der Waals surface area contributed by atoms with Gasteiger partial charge in [0, 0.05) is 16.5 Å². The second kappa shape index (κ2) is 12.7. The minimum Gasteiger partial charge on any atom is -0.365 e. The lowest BCUT2D eigenvalue weighted by molar-refractivity contribution is 0.182. The maximum absolute atomic E-state index is 4.17. The monoisotopic (exact) mass is 730 g/mol. The van der Waals surface area contributed by atoms with Crippen molar-refractivity contribution < 1.29 is 0 Å². The molecule has 2 aliphatic carbocycles. The summed E-state index contributed by atoms with van der Waals surface area (Å²) in [5, 5.41) is 6.79. The quantitative estimate of drug-likeness (QED) is 0.187. The summed E-state index contributed by atoms with van der Waals surface area (Å²) in [6.07, 6.45) is 2.36. The summed E-state index contributed by atoms with van der Waals surface area (Å²) >= 11 is 0. The van der Waals surface area contributed by atoms with Crippen LogP contribution in [0, 0.1) is 5.92 Å². The van der Waals surface area contributed by atoms with E-state index in [1.165, 1.54) is 89.5 Å². The van der Waals surface area contributed by atoms with E-state index in [9.17, 15) is 0 Å². The van der Waals surface area contributed by atoms with Crippen LogP contribution in [0.1, 0.15) is 64.2 Å². The molecule has 3 aliphatic rings. The van der Waals surface area contributed by atoms with Gasteiger partial charge in [0.25, 0.3) is 0 Å². The summed E-state index contributed by atoms with van der Waals surface area (Å²) in [7, 11) is 0. The van der Waals surface area contributed by atoms with Crippen molar-refractivity contribution in [1.29, 1.82) is 0 Å². The van der Waals surface area contributed by atoms with Gasteiger partial charge in [-0.1, -0.05) is 176 Å². The normalized spacial score (nSPS) is 20.1. The van der Waals surface area contributed by atoms with E-state index in [2.05, 4.69) is 210 Å². The number of aromatic nitrogens is 1. The van der Waals surface area contributed by atoms with Crippen LogP contribution in [0.15, 0.2) is 200 Å². The Bertz CT molecular complexity index is 2900. The Kier molecular flexibility index (Phi) is 7.26. The Hall–Kier alpha value is -6.64. The molecule has 0 radical (unpaired) electrons. The van der Waals surface area contributed by atoms with E-state index < -0.39 is 5.41 Å². The highest BCUT2D eigenvalue weighted by molar-refractivity contribution is 6.11. The lowest BCUT2D eigenvalue weighted by atomic mass is 9.58. The van der Waals surface area contributed by atoms with E-state index in [0.717, 1.165) is 6.42 Å². The van der Waals surface area contributed by atoms with E-state index in [4.69, 9.17) is 0 Å². The first kappa shape index (κ1) is 32.6. The fraction of sp³-hybridized carbons (Fsp3) is 0.127. The SMILES string of the molecule is c1ccc(-c2ccc(C3CC4CC(n5c6ccccc6c6cc7c(cc65)-c5ccccc5C7(c5ccccc5)c5ccccc5)Nc5ccccc5C43)cc2)cc1. The van der Waals surface area contributed by atoms with E-state index >= 15 is 0 Å². The van der Waals surface area contributed by atoms with Crippen LogP contribution >= 0.6 is 0 Å². The summed E-state index contributed by atoms with van der Waals surface area (Å²) in [6.45, 7) is 0. The third kappa shape index (κ3) is 4.77. The zero-order valence-electron chi connectivity index (χ0n) is 31.7.